The molecular weight excluding hydrogens is 203 g/mol. The van der Waals surface area contributed by atoms with Gasteiger partial charge in [0, 0.05) is 4.47 Å². The lowest BCUT2D eigenvalue weighted by Gasteiger charge is -2.02. The highest BCUT2D eigenvalue weighted by atomic mass is 79.9. The Kier molecular flexibility index (Phi) is 2.74. The van der Waals surface area contributed by atoms with E-state index >= 15 is 0 Å². The van der Waals surface area contributed by atoms with Crippen LogP contribution >= 0.6 is 15.9 Å². The molecule has 1 N–H and O–H groups in total. The Labute approximate surface area is 75.7 Å². The lowest BCUT2D eigenvalue weighted by atomic mass is 9.64. The summed E-state index contributed by atoms with van der Waals surface area (Å²) in [6.45, 7) is 3.40. The third kappa shape index (κ3) is 2.07. The molecular formula is C8H10BBrO. The van der Waals surface area contributed by atoms with Crippen LogP contribution in [0.4, 0.5) is 0 Å². The van der Waals surface area contributed by atoms with Crippen molar-refractivity contribution in [2.75, 3.05) is 0 Å². The van der Waals surface area contributed by atoms with Gasteiger partial charge in [-0.3, -0.25) is 0 Å². The highest BCUT2D eigenvalue weighted by Gasteiger charge is 2.06. The predicted molar refractivity (Wildman–Crippen MR) is 52.3 cm³/mol. The largest absolute Gasteiger partial charge is 0.447 e. The maximum absolute atomic E-state index is 9.22. The first kappa shape index (κ1) is 8.82. The average molecular weight is 213 g/mol. The summed E-state index contributed by atoms with van der Waals surface area (Å²) in [5.41, 5.74) is 2.14. The van der Waals surface area contributed by atoms with Crippen molar-refractivity contribution >= 4 is 28.3 Å². The zero-order chi connectivity index (χ0) is 8.43. The van der Waals surface area contributed by atoms with Crippen molar-refractivity contribution in [3.05, 3.63) is 28.2 Å². The number of hydrogen-bond donors (Lipinski definition) is 1. The van der Waals surface area contributed by atoms with Gasteiger partial charge in [0.15, 0.2) is 0 Å². The van der Waals surface area contributed by atoms with Crippen molar-refractivity contribution in [1.82, 2.24) is 0 Å². The molecule has 0 aromatic heterocycles. The molecule has 0 atom stereocenters. The quantitative estimate of drug-likeness (QED) is 0.702. The van der Waals surface area contributed by atoms with Crippen molar-refractivity contribution in [2.24, 2.45) is 0 Å². The molecule has 0 amide bonds. The first-order valence-corrected chi connectivity index (χ1v) is 4.34. The predicted octanol–water partition coefficient (Wildman–Crippen LogP) is 1.58. The van der Waals surface area contributed by atoms with Crippen molar-refractivity contribution in [3.8, 4) is 0 Å². The van der Waals surface area contributed by atoms with Crippen LogP contribution in [0, 0.1) is 6.92 Å². The second-order valence-corrected chi connectivity index (χ2v) is 3.54. The second kappa shape index (κ2) is 3.41. The van der Waals surface area contributed by atoms with Crippen LogP contribution in [0.1, 0.15) is 5.56 Å². The summed E-state index contributed by atoms with van der Waals surface area (Å²) in [4.78, 5) is 0. The SMILES string of the molecule is CB(O)c1ccc(C)c(Br)c1. The van der Waals surface area contributed by atoms with Gasteiger partial charge in [-0.25, -0.2) is 0 Å². The first-order chi connectivity index (χ1) is 5.11. The van der Waals surface area contributed by atoms with Gasteiger partial charge in [-0.05, 0) is 17.9 Å². The number of halogens is 1. The van der Waals surface area contributed by atoms with Gasteiger partial charge in [-0.1, -0.05) is 41.0 Å². The summed E-state index contributed by atoms with van der Waals surface area (Å²) in [5.74, 6) is 0. The van der Waals surface area contributed by atoms with Crippen LogP contribution in [0.5, 0.6) is 0 Å². The highest BCUT2D eigenvalue weighted by molar-refractivity contribution is 9.10. The molecule has 0 spiro atoms. The van der Waals surface area contributed by atoms with Crippen LogP contribution in [0.3, 0.4) is 0 Å². The lowest BCUT2D eigenvalue weighted by Crippen LogP contribution is -2.25. The van der Waals surface area contributed by atoms with Crippen molar-refractivity contribution in [2.45, 2.75) is 13.7 Å². The Morgan fingerprint density at radius 3 is 2.55 bits per heavy atom. The smallest absolute Gasteiger partial charge is 0.320 e. The Morgan fingerprint density at radius 1 is 1.45 bits per heavy atom. The fourth-order valence-corrected chi connectivity index (χ4v) is 1.27. The Hall–Kier alpha value is -0.275. The fraction of sp³-hybridized carbons (Fsp3) is 0.250. The van der Waals surface area contributed by atoms with Crippen LogP contribution in [-0.4, -0.2) is 11.9 Å². The van der Waals surface area contributed by atoms with Gasteiger partial charge in [0.1, 0.15) is 0 Å². The van der Waals surface area contributed by atoms with E-state index in [1.807, 2.05) is 25.1 Å². The Balaban J connectivity index is 3.05. The fourth-order valence-electron chi connectivity index (χ4n) is 0.869. The van der Waals surface area contributed by atoms with Gasteiger partial charge in [0.2, 0.25) is 0 Å². The van der Waals surface area contributed by atoms with E-state index in [0.29, 0.717) is 0 Å². The van der Waals surface area contributed by atoms with E-state index in [0.717, 1.165) is 9.94 Å². The normalized spacial score (nSPS) is 9.82. The van der Waals surface area contributed by atoms with E-state index in [9.17, 15) is 5.02 Å². The number of aryl methyl sites for hydroxylation is 1. The van der Waals surface area contributed by atoms with Crippen LogP contribution < -0.4 is 5.46 Å². The molecule has 0 bridgehead atoms. The van der Waals surface area contributed by atoms with Crippen molar-refractivity contribution in [3.63, 3.8) is 0 Å². The molecule has 0 heterocycles. The molecule has 1 aromatic carbocycles. The summed E-state index contributed by atoms with van der Waals surface area (Å²) in [7, 11) is 0. The maximum atomic E-state index is 9.22. The molecule has 1 nitrogen and oxygen atoms in total. The average Bonchev–Trinajstić information content (AvgIpc) is 1.94. The van der Waals surface area contributed by atoms with Crippen LogP contribution in [0.25, 0.3) is 0 Å². The molecule has 3 heteroatoms. The van der Waals surface area contributed by atoms with E-state index in [1.54, 1.807) is 6.82 Å². The van der Waals surface area contributed by atoms with Gasteiger partial charge in [0.05, 0.1) is 0 Å². The van der Waals surface area contributed by atoms with Crippen LogP contribution in [0.2, 0.25) is 6.82 Å². The summed E-state index contributed by atoms with van der Waals surface area (Å²) in [6, 6.07) is 5.87. The zero-order valence-corrected chi connectivity index (χ0v) is 8.22. The first-order valence-electron chi connectivity index (χ1n) is 3.55. The van der Waals surface area contributed by atoms with Crippen LogP contribution in [0.15, 0.2) is 22.7 Å². The third-order valence-electron chi connectivity index (χ3n) is 1.68. The molecule has 0 saturated heterocycles. The molecule has 1 aromatic rings. The summed E-state index contributed by atoms with van der Waals surface area (Å²) < 4.78 is 1.05. The molecule has 0 radical (unpaired) electrons. The molecule has 58 valence electrons. The lowest BCUT2D eigenvalue weighted by molar-refractivity contribution is 0.594. The molecule has 0 aliphatic carbocycles. The second-order valence-electron chi connectivity index (χ2n) is 2.68. The molecule has 0 fully saturated rings. The van der Waals surface area contributed by atoms with E-state index in [4.69, 9.17) is 0 Å². The van der Waals surface area contributed by atoms with Crippen molar-refractivity contribution in [1.29, 1.82) is 0 Å². The number of rotatable bonds is 1. The minimum absolute atomic E-state index is 0.383. The number of benzene rings is 1. The van der Waals surface area contributed by atoms with E-state index in [-0.39, 0.29) is 6.92 Å². The van der Waals surface area contributed by atoms with Gasteiger partial charge in [-0.15, -0.1) is 0 Å². The Morgan fingerprint density at radius 2 is 2.09 bits per heavy atom. The maximum Gasteiger partial charge on any atom is 0.320 e. The standard InChI is InChI=1S/C8H10BBrO/c1-6-3-4-7(9(2)11)5-8(6)10/h3-5,11H,1-2H3. The topological polar surface area (TPSA) is 20.2 Å². The molecule has 0 aliphatic rings. The Bertz CT molecular complexity index is 260. The van der Waals surface area contributed by atoms with E-state index < -0.39 is 0 Å². The molecule has 0 unspecified atom stereocenters. The summed E-state index contributed by atoms with van der Waals surface area (Å²) >= 11 is 3.40. The third-order valence-corrected chi connectivity index (χ3v) is 2.53. The minimum Gasteiger partial charge on any atom is -0.447 e. The van der Waals surface area contributed by atoms with E-state index in [2.05, 4.69) is 15.9 Å². The number of hydrogen-bond acceptors (Lipinski definition) is 1. The summed E-state index contributed by atoms with van der Waals surface area (Å²) in [6.07, 6.45) is 0. The van der Waals surface area contributed by atoms with Gasteiger partial charge in [0.25, 0.3) is 0 Å². The molecule has 11 heavy (non-hydrogen) atoms. The summed E-state index contributed by atoms with van der Waals surface area (Å²) in [5, 5.41) is 9.22. The van der Waals surface area contributed by atoms with Crippen LogP contribution in [-0.2, 0) is 0 Å². The molecule has 0 aliphatic heterocycles. The van der Waals surface area contributed by atoms with Gasteiger partial charge >= 0.3 is 6.92 Å². The molecule has 0 saturated carbocycles. The van der Waals surface area contributed by atoms with E-state index in [1.165, 1.54) is 5.56 Å². The minimum atomic E-state index is -0.383. The molecule has 1 rings (SSSR count). The monoisotopic (exact) mass is 212 g/mol. The van der Waals surface area contributed by atoms with Gasteiger partial charge < -0.3 is 5.02 Å². The highest BCUT2D eigenvalue weighted by Crippen LogP contribution is 2.12. The zero-order valence-electron chi connectivity index (χ0n) is 6.63. The van der Waals surface area contributed by atoms with Crippen molar-refractivity contribution < 1.29 is 5.02 Å². The van der Waals surface area contributed by atoms with Gasteiger partial charge in [-0.2, -0.15) is 0 Å².